The number of Topliss-reactive ketones (excluding diaryl/α,β-unsaturated/α-hetero) is 1. The Balaban J connectivity index is 1.92. The molecular weight excluding hydrogens is 222 g/mol. The first kappa shape index (κ1) is 11.7. The van der Waals surface area contributed by atoms with E-state index >= 15 is 0 Å². The van der Waals surface area contributed by atoms with Crippen molar-refractivity contribution in [3.05, 3.63) is 41.5 Å². The topological polar surface area (TPSA) is 20.3 Å². The van der Waals surface area contributed by atoms with Crippen LogP contribution in [0.25, 0.3) is 6.08 Å². The maximum absolute atomic E-state index is 12.4. The van der Waals surface area contributed by atoms with Gasteiger partial charge in [0.05, 0.1) is 6.04 Å². The van der Waals surface area contributed by atoms with Crippen LogP contribution < -0.4 is 0 Å². The average Bonchev–Trinajstić information content (AvgIpc) is 2.58. The van der Waals surface area contributed by atoms with Crippen LogP contribution in [0.2, 0.25) is 0 Å². The summed E-state index contributed by atoms with van der Waals surface area (Å²) in [6.07, 6.45) is 4.00. The number of hydrogen-bond acceptors (Lipinski definition) is 2. The Morgan fingerprint density at radius 3 is 2.72 bits per heavy atom. The fourth-order valence-corrected chi connectivity index (χ4v) is 3.37. The molecule has 0 aromatic heterocycles. The molecule has 2 aliphatic rings. The van der Waals surface area contributed by atoms with Crippen LogP contribution in [0.15, 0.2) is 35.9 Å². The van der Waals surface area contributed by atoms with Crippen molar-refractivity contribution in [1.82, 2.24) is 4.90 Å². The van der Waals surface area contributed by atoms with Crippen LogP contribution >= 0.6 is 0 Å². The van der Waals surface area contributed by atoms with E-state index in [0.29, 0.717) is 17.7 Å². The number of hydrogen-bond donors (Lipinski definition) is 0. The van der Waals surface area contributed by atoms with Gasteiger partial charge in [-0.1, -0.05) is 37.3 Å². The number of benzene rings is 1. The predicted molar refractivity (Wildman–Crippen MR) is 73.2 cm³/mol. The van der Waals surface area contributed by atoms with E-state index in [1.54, 1.807) is 0 Å². The summed E-state index contributed by atoms with van der Waals surface area (Å²) in [5.41, 5.74) is 2.15. The molecule has 2 heteroatoms. The summed E-state index contributed by atoms with van der Waals surface area (Å²) >= 11 is 0. The molecule has 0 spiro atoms. The molecule has 94 valence electrons. The van der Waals surface area contributed by atoms with E-state index in [4.69, 9.17) is 0 Å². The number of piperidine rings is 1. The summed E-state index contributed by atoms with van der Waals surface area (Å²) in [7, 11) is 2.09. The smallest absolute Gasteiger partial charge is 0.176 e. The second-order valence-electron chi connectivity index (χ2n) is 5.61. The first-order chi connectivity index (χ1) is 8.66. The average molecular weight is 241 g/mol. The van der Waals surface area contributed by atoms with Crippen LogP contribution in [0.4, 0.5) is 0 Å². The van der Waals surface area contributed by atoms with Gasteiger partial charge in [0.2, 0.25) is 0 Å². The predicted octanol–water partition coefficient (Wildman–Crippen LogP) is 2.75. The van der Waals surface area contributed by atoms with Gasteiger partial charge in [-0.3, -0.25) is 9.69 Å². The molecule has 3 rings (SSSR count). The third-order valence-corrected chi connectivity index (χ3v) is 4.46. The van der Waals surface area contributed by atoms with Crippen molar-refractivity contribution in [2.24, 2.45) is 5.92 Å². The zero-order valence-corrected chi connectivity index (χ0v) is 11.0. The largest absolute Gasteiger partial charge is 0.293 e. The van der Waals surface area contributed by atoms with E-state index in [9.17, 15) is 4.79 Å². The van der Waals surface area contributed by atoms with E-state index in [0.717, 1.165) is 24.0 Å². The minimum atomic E-state index is 0.119. The number of carbonyl (C=O) groups excluding carboxylic acids is 1. The van der Waals surface area contributed by atoms with Crippen LogP contribution in [0.1, 0.15) is 25.3 Å². The molecule has 2 nitrogen and oxygen atoms in total. The third-order valence-electron chi connectivity index (χ3n) is 4.46. The van der Waals surface area contributed by atoms with Crippen LogP contribution in [0.3, 0.4) is 0 Å². The van der Waals surface area contributed by atoms with Gasteiger partial charge in [-0.2, -0.15) is 0 Å². The number of fused-ring (bicyclic) bond motifs is 2. The molecule has 0 saturated carbocycles. The maximum atomic E-state index is 12.4. The minimum Gasteiger partial charge on any atom is -0.293 e. The number of carbonyl (C=O) groups is 1. The summed E-state index contributed by atoms with van der Waals surface area (Å²) in [6.45, 7) is 2.26. The molecule has 0 amide bonds. The molecule has 2 aliphatic heterocycles. The minimum absolute atomic E-state index is 0.119. The quantitative estimate of drug-likeness (QED) is 0.705. The fraction of sp³-hybridized carbons (Fsp3) is 0.438. The van der Waals surface area contributed by atoms with Gasteiger partial charge in [0.25, 0.3) is 0 Å². The Bertz CT molecular complexity index is 491. The van der Waals surface area contributed by atoms with Crippen LogP contribution in [0, 0.1) is 5.92 Å². The van der Waals surface area contributed by atoms with Gasteiger partial charge in [0, 0.05) is 6.04 Å². The van der Waals surface area contributed by atoms with Crippen molar-refractivity contribution >= 4 is 11.9 Å². The molecule has 0 unspecified atom stereocenters. The van der Waals surface area contributed by atoms with Crippen molar-refractivity contribution in [1.29, 1.82) is 0 Å². The van der Waals surface area contributed by atoms with Crippen LogP contribution in [0.5, 0.6) is 0 Å². The van der Waals surface area contributed by atoms with Crippen LogP contribution in [-0.2, 0) is 4.79 Å². The van der Waals surface area contributed by atoms with E-state index in [2.05, 4.69) is 37.1 Å². The lowest BCUT2D eigenvalue weighted by molar-refractivity contribution is -0.121. The second kappa shape index (κ2) is 4.36. The van der Waals surface area contributed by atoms with Gasteiger partial charge in [-0.25, -0.2) is 0 Å². The first-order valence-electron chi connectivity index (χ1n) is 6.68. The zero-order chi connectivity index (χ0) is 12.7. The molecule has 2 bridgehead atoms. The Kier molecular flexibility index (Phi) is 2.83. The highest BCUT2D eigenvalue weighted by atomic mass is 16.1. The molecule has 3 atom stereocenters. The summed E-state index contributed by atoms with van der Waals surface area (Å²) in [5, 5.41) is 0. The maximum Gasteiger partial charge on any atom is 0.176 e. The van der Waals surface area contributed by atoms with E-state index in [1.165, 1.54) is 0 Å². The first-order valence-corrected chi connectivity index (χ1v) is 6.68. The van der Waals surface area contributed by atoms with Crippen molar-refractivity contribution in [2.75, 3.05) is 7.05 Å². The lowest BCUT2D eigenvalue weighted by Gasteiger charge is -2.32. The molecular formula is C16H19NO. The van der Waals surface area contributed by atoms with E-state index in [1.807, 2.05) is 18.2 Å². The summed E-state index contributed by atoms with van der Waals surface area (Å²) < 4.78 is 0. The number of rotatable bonds is 1. The number of nitrogens with zero attached hydrogens (tertiary/aromatic N) is 1. The van der Waals surface area contributed by atoms with Crippen molar-refractivity contribution < 1.29 is 4.79 Å². The molecule has 0 radical (unpaired) electrons. The highest BCUT2D eigenvalue weighted by molar-refractivity contribution is 6.04. The summed E-state index contributed by atoms with van der Waals surface area (Å²) in [5.74, 6) is 0.965. The molecule has 2 heterocycles. The third kappa shape index (κ3) is 1.81. The van der Waals surface area contributed by atoms with Gasteiger partial charge in [0.1, 0.15) is 0 Å². The molecule has 1 aromatic rings. The number of ketones is 1. The monoisotopic (exact) mass is 241 g/mol. The Morgan fingerprint density at radius 1 is 1.28 bits per heavy atom. The van der Waals surface area contributed by atoms with Crippen LogP contribution in [-0.4, -0.2) is 29.8 Å². The zero-order valence-electron chi connectivity index (χ0n) is 11.0. The lowest BCUT2D eigenvalue weighted by Crippen LogP contribution is -2.44. The fourth-order valence-electron chi connectivity index (χ4n) is 3.37. The van der Waals surface area contributed by atoms with Gasteiger partial charge < -0.3 is 0 Å². The van der Waals surface area contributed by atoms with Crippen molar-refractivity contribution in [2.45, 2.75) is 31.8 Å². The molecule has 2 saturated heterocycles. The van der Waals surface area contributed by atoms with Gasteiger partial charge >= 0.3 is 0 Å². The second-order valence-corrected chi connectivity index (χ2v) is 5.61. The highest BCUT2D eigenvalue weighted by Crippen LogP contribution is 2.39. The van der Waals surface area contributed by atoms with Gasteiger partial charge in [-0.15, -0.1) is 0 Å². The molecule has 2 fully saturated rings. The molecule has 1 aromatic carbocycles. The summed E-state index contributed by atoms with van der Waals surface area (Å²) in [4.78, 5) is 14.7. The Hall–Kier alpha value is -1.41. The summed E-state index contributed by atoms with van der Waals surface area (Å²) in [6, 6.07) is 10.8. The van der Waals surface area contributed by atoms with E-state index < -0.39 is 0 Å². The molecule has 0 N–H and O–H groups in total. The lowest BCUT2D eigenvalue weighted by atomic mass is 9.93. The van der Waals surface area contributed by atoms with Crippen molar-refractivity contribution in [3.8, 4) is 0 Å². The molecule has 0 aliphatic carbocycles. The van der Waals surface area contributed by atoms with Gasteiger partial charge in [-0.05, 0) is 43.0 Å². The Labute approximate surface area is 108 Å². The SMILES string of the molecule is C[C@@H]1C[C@@H]2C(=O)/C(=C/c3ccccc3)C[C@@H]1N2C. The van der Waals surface area contributed by atoms with E-state index in [-0.39, 0.29) is 6.04 Å². The normalized spacial score (nSPS) is 34.2. The van der Waals surface area contributed by atoms with Gasteiger partial charge in [0.15, 0.2) is 5.78 Å². The highest BCUT2D eigenvalue weighted by Gasteiger charge is 2.45. The standard InChI is InChI=1S/C16H19NO/c1-11-8-15-16(18)13(10-14(11)17(15)2)9-12-6-4-3-5-7-12/h3-7,9,11,14-15H,8,10H2,1-2H3/b13-9+/t11-,14+,15-/m1/s1. The Morgan fingerprint density at radius 2 is 2.00 bits per heavy atom. The number of likely N-dealkylation sites (N-methyl/N-ethyl adjacent to an activating group) is 1. The molecule has 18 heavy (non-hydrogen) atoms. The van der Waals surface area contributed by atoms with Crippen molar-refractivity contribution in [3.63, 3.8) is 0 Å².